The molecule has 12 aromatic rings. The third-order valence-electron chi connectivity index (χ3n) is 13.0. The van der Waals surface area contributed by atoms with E-state index in [9.17, 15) is 0 Å². The Kier molecular flexibility index (Phi) is 7.75. The summed E-state index contributed by atoms with van der Waals surface area (Å²) >= 11 is 0. The summed E-state index contributed by atoms with van der Waals surface area (Å²) in [5.74, 6) is 1.66. The van der Waals surface area contributed by atoms with Crippen molar-refractivity contribution in [2.75, 3.05) is 0 Å². The molecule has 9 aromatic carbocycles. The van der Waals surface area contributed by atoms with E-state index in [0.29, 0.717) is 17.6 Å². The Balaban J connectivity index is 1.05. The molecule has 294 valence electrons. The van der Waals surface area contributed by atoms with Crippen LogP contribution in [0.3, 0.4) is 0 Å². The molecule has 0 spiro atoms. The molecule has 1 aliphatic rings. The highest BCUT2D eigenvalue weighted by molar-refractivity contribution is 6.11. The van der Waals surface area contributed by atoms with Gasteiger partial charge in [-0.05, 0) is 74.8 Å². The molecule has 0 aliphatic heterocycles. The molecule has 0 fully saturated rings. The molecule has 3 aromatic heterocycles. The van der Waals surface area contributed by atoms with Gasteiger partial charge in [-0.3, -0.25) is 4.57 Å². The first-order valence-electron chi connectivity index (χ1n) is 21.4. The quantitative estimate of drug-likeness (QED) is 0.168. The molecule has 0 amide bonds. The third-order valence-corrected chi connectivity index (χ3v) is 13.0. The van der Waals surface area contributed by atoms with Gasteiger partial charge in [-0.1, -0.05) is 188 Å². The van der Waals surface area contributed by atoms with Gasteiger partial charge < -0.3 is 4.42 Å². The van der Waals surface area contributed by atoms with Crippen LogP contribution < -0.4 is 0 Å². The fourth-order valence-electron chi connectivity index (χ4n) is 10.2. The lowest BCUT2D eigenvalue weighted by molar-refractivity contribution is 0.669. The van der Waals surface area contributed by atoms with Crippen molar-refractivity contribution in [3.05, 3.63) is 241 Å². The normalized spacial score (nSPS) is 12.9. The Morgan fingerprint density at radius 2 is 0.952 bits per heavy atom. The first kappa shape index (κ1) is 35.4. The highest BCUT2D eigenvalue weighted by atomic mass is 16.3. The summed E-state index contributed by atoms with van der Waals surface area (Å²) in [5, 5.41) is 4.32. The number of hydrogen-bond donors (Lipinski definition) is 0. The van der Waals surface area contributed by atoms with Crippen LogP contribution in [0.2, 0.25) is 0 Å². The van der Waals surface area contributed by atoms with Gasteiger partial charge in [0.1, 0.15) is 11.2 Å². The van der Waals surface area contributed by atoms with Gasteiger partial charge >= 0.3 is 0 Å². The minimum absolute atomic E-state index is 0.499. The molecule has 0 bridgehead atoms. The number of nitrogens with zero attached hydrogens (tertiary/aromatic N) is 4. The summed E-state index contributed by atoms with van der Waals surface area (Å²) in [6.07, 6.45) is 0. The van der Waals surface area contributed by atoms with Crippen molar-refractivity contribution < 1.29 is 4.42 Å². The second-order valence-electron chi connectivity index (χ2n) is 16.3. The molecule has 0 N–H and O–H groups in total. The number of para-hydroxylation sites is 3. The zero-order valence-electron chi connectivity index (χ0n) is 34.0. The van der Waals surface area contributed by atoms with Crippen LogP contribution in [0.5, 0.6) is 0 Å². The molecule has 3 heterocycles. The van der Waals surface area contributed by atoms with E-state index in [-0.39, 0.29) is 0 Å². The lowest BCUT2D eigenvalue weighted by Crippen LogP contribution is -2.28. The van der Waals surface area contributed by atoms with Crippen LogP contribution in [-0.2, 0) is 5.41 Å². The second kappa shape index (κ2) is 13.8. The van der Waals surface area contributed by atoms with Gasteiger partial charge in [0.2, 0.25) is 5.95 Å². The number of aromatic nitrogens is 4. The van der Waals surface area contributed by atoms with E-state index in [2.05, 4.69) is 168 Å². The Bertz CT molecular complexity index is 3700. The zero-order valence-corrected chi connectivity index (χ0v) is 34.0. The smallest absolute Gasteiger partial charge is 0.238 e. The standard InChI is InChI=1S/C58H36N4O/c1-4-17-37(18-5-1)55-59-56(48-27-16-26-47-46-25-12-15-30-53(46)63-54(47)48)61-57(60-55)62-51-29-14-11-24-44(51)45-34-32-39(36-52(45)62)38-31-33-43-42-23-10-13-28-49(42)58(50(43)35-38,40-19-6-2-7-20-40)41-21-8-3-9-22-41/h1-36H. The van der Waals surface area contributed by atoms with Crippen LogP contribution in [-0.4, -0.2) is 19.5 Å². The predicted molar refractivity (Wildman–Crippen MR) is 255 cm³/mol. The minimum Gasteiger partial charge on any atom is -0.455 e. The lowest BCUT2D eigenvalue weighted by atomic mass is 9.67. The Labute approximate surface area is 363 Å². The predicted octanol–water partition coefficient (Wildman–Crippen LogP) is 14.2. The molecule has 0 unspecified atom stereocenters. The van der Waals surface area contributed by atoms with Gasteiger partial charge in [0.25, 0.3) is 0 Å². The van der Waals surface area contributed by atoms with Gasteiger partial charge in [0.05, 0.1) is 22.0 Å². The molecule has 0 radical (unpaired) electrons. The first-order chi connectivity index (χ1) is 31.2. The molecular formula is C58H36N4O. The summed E-state index contributed by atoms with van der Waals surface area (Å²) < 4.78 is 8.74. The molecular weight excluding hydrogens is 769 g/mol. The average molecular weight is 805 g/mol. The van der Waals surface area contributed by atoms with Gasteiger partial charge in [0, 0.05) is 27.1 Å². The van der Waals surface area contributed by atoms with Crippen molar-refractivity contribution in [3.63, 3.8) is 0 Å². The van der Waals surface area contributed by atoms with Crippen LogP contribution >= 0.6 is 0 Å². The van der Waals surface area contributed by atoms with Crippen molar-refractivity contribution in [1.29, 1.82) is 0 Å². The third kappa shape index (κ3) is 5.27. The van der Waals surface area contributed by atoms with Crippen LogP contribution in [0.25, 0.3) is 94.7 Å². The van der Waals surface area contributed by atoms with E-state index in [4.69, 9.17) is 19.4 Å². The summed E-state index contributed by atoms with van der Waals surface area (Å²) in [6.45, 7) is 0. The van der Waals surface area contributed by atoms with E-state index >= 15 is 0 Å². The largest absolute Gasteiger partial charge is 0.455 e. The topological polar surface area (TPSA) is 56.7 Å². The molecule has 0 saturated heterocycles. The second-order valence-corrected chi connectivity index (χ2v) is 16.3. The Morgan fingerprint density at radius 1 is 0.365 bits per heavy atom. The maximum atomic E-state index is 6.54. The fourth-order valence-corrected chi connectivity index (χ4v) is 10.2. The van der Waals surface area contributed by atoms with Crippen LogP contribution in [0.15, 0.2) is 223 Å². The highest BCUT2D eigenvalue weighted by Gasteiger charge is 2.46. The van der Waals surface area contributed by atoms with Crippen molar-refractivity contribution in [3.8, 4) is 51.0 Å². The summed E-state index contributed by atoms with van der Waals surface area (Å²) in [5.41, 5.74) is 14.6. The molecule has 0 saturated carbocycles. The number of benzene rings is 9. The molecule has 0 atom stereocenters. The molecule has 5 heteroatoms. The number of hydrogen-bond acceptors (Lipinski definition) is 4. The van der Waals surface area contributed by atoms with Gasteiger partial charge in [-0.25, -0.2) is 4.98 Å². The molecule has 13 rings (SSSR count). The van der Waals surface area contributed by atoms with Gasteiger partial charge in [-0.15, -0.1) is 0 Å². The maximum Gasteiger partial charge on any atom is 0.238 e. The number of rotatable bonds is 6. The number of fused-ring (bicyclic) bond motifs is 9. The Morgan fingerprint density at radius 3 is 1.76 bits per heavy atom. The van der Waals surface area contributed by atoms with Crippen molar-refractivity contribution in [1.82, 2.24) is 19.5 Å². The molecule has 5 nitrogen and oxygen atoms in total. The Hall–Kier alpha value is -8.41. The maximum absolute atomic E-state index is 6.54. The summed E-state index contributed by atoms with van der Waals surface area (Å²) in [7, 11) is 0. The first-order valence-corrected chi connectivity index (χ1v) is 21.4. The van der Waals surface area contributed by atoms with Crippen molar-refractivity contribution in [2.24, 2.45) is 0 Å². The van der Waals surface area contributed by atoms with E-state index < -0.39 is 5.41 Å². The fraction of sp³-hybridized carbons (Fsp3) is 0.0172. The SMILES string of the molecule is c1ccc(-c2nc(-c3cccc4c3oc3ccccc34)nc(-n3c4ccccc4c4ccc(-c5ccc6c(c5)C(c5ccccc5)(c5ccccc5)c5ccccc5-6)cc43)n2)cc1. The van der Waals surface area contributed by atoms with Crippen LogP contribution in [0, 0.1) is 0 Å². The molecule has 63 heavy (non-hydrogen) atoms. The minimum atomic E-state index is -0.499. The lowest BCUT2D eigenvalue weighted by Gasteiger charge is -2.34. The molecule has 1 aliphatic carbocycles. The van der Waals surface area contributed by atoms with Crippen molar-refractivity contribution in [2.45, 2.75) is 5.41 Å². The van der Waals surface area contributed by atoms with Gasteiger partial charge in [0.15, 0.2) is 11.6 Å². The summed E-state index contributed by atoms with van der Waals surface area (Å²) in [4.78, 5) is 15.7. The summed E-state index contributed by atoms with van der Waals surface area (Å²) in [6, 6.07) is 77.7. The highest BCUT2D eigenvalue weighted by Crippen LogP contribution is 2.56. The monoisotopic (exact) mass is 804 g/mol. The van der Waals surface area contributed by atoms with Gasteiger partial charge in [-0.2, -0.15) is 9.97 Å². The number of furan rings is 1. The zero-order chi connectivity index (χ0) is 41.5. The van der Waals surface area contributed by atoms with E-state index in [1.807, 2.05) is 54.6 Å². The van der Waals surface area contributed by atoms with Crippen molar-refractivity contribution >= 4 is 43.7 Å². The van der Waals surface area contributed by atoms with Crippen LogP contribution in [0.4, 0.5) is 0 Å². The van der Waals surface area contributed by atoms with E-state index in [1.54, 1.807) is 0 Å². The van der Waals surface area contributed by atoms with E-state index in [1.165, 1.54) is 33.4 Å². The average Bonchev–Trinajstić information content (AvgIpc) is 4.01. The van der Waals surface area contributed by atoms with Crippen LogP contribution in [0.1, 0.15) is 22.3 Å². The van der Waals surface area contributed by atoms with E-state index in [0.717, 1.165) is 66.0 Å².